The minimum Gasteiger partial charge on any atom is -0.454 e. The lowest BCUT2D eigenvalue weighted by Gasteiger charge is -2.32. The average Bonchev–Trinajstić information content (AvgIpc) is 1.57. The van der Waals surface area contributed by atoms with Crippen molar-refractivity contribution in [3.05, 3.63) is 393 Å². The highest BCUT2D eigenvalue weighted by atomic mass is 127. The number of hydrogen-bond donors (Lipinski definition) is 0. The first-order valence-electron chi connectivity index (χ1n) is 41.7. The van der Waals surface area contributed by atoms with Crippen LogP contribution in [-0.4, -0.2) is 32.4 Å². The topological polar surface area (TPSA) is 79.5 Å². The number of anilines is 6. The highest BCUT2D eigenvalue weighted by Crippen LogP contribution is 2.51. The zero-order valence-corrected chi connectivity index (χ0v) is 71.4. The van der Waals surface area contributed by atoms with Gasteiger partial charge in [0.25, 0.3) is 0 Å². The first kappa shape index (κ1) is 78.2. The Morgan fingerprint density at radius 2 is 0.640 bits per heavy atom. The van der Waals surface area contributed by atoms with Gasteiger partial charge in [0.05, 0.1) is 56.0 Å². The summed E-state index contributed by atoms with van der Waals surface area (Å²) in [6.07, 6.45) is 0. The van der Waals surface area contributed by atoms with Crippen LogP contribution in [0.5, 0.6) is 23.0 Å². The smallest absolute Gasteiger partial charge is 0.454 e. The third kappa shape index (κ3) is 13.6. The summed E-state index contributed by atoms with van der Waals surface area (Å²) in [4.78, 5) is 6.55. The third-order valence-electron chi connectivity index (χ3n) is 24.9. The van der Waals surface area contributed by atoms with Gasteiger partial charge in [0, 0.05) is 70.9 Å². The van der Waals surface area contributed by atoms with Gasteiger partial charge in [-0.05, 0) is 233 Å². The van der Waals surface area contributed by atoms with Crippen molar-refractivity contribution in [1.82, 2.24) is 9.13 Å². The van der Waals surface area contributed by atoms with Crippen LogP contribution < -0.4 is 24.7 Å². The van der Waals surface area contributed by atoms with Gasteiger partial charge in [0.2, 0.25) is 0 Å². The number of alkyl halides is 1. The Balaban J connectivity index is 0.000000123. The van der Waals surface area contributed by atoms with Crippen molar-refractivity contribution in [2.45, 2.75) is 46.3 Å². The summed E-state index contributed by atoms with van der Waals surface area (Å²) in [6, 6.07) is 136. The summed E-state index contributed by atoms with van der Waals surface area (Å²) in [6.45, 7) is 8.33. The summed E-state index contributed by atoms with van der Waals surface area (Å²) in [5, 5.41) is 14.9. The van der Waals surface area contributed by atoms with Crippen molar-refractivity contribution in [3.63, 3.8) is 0 Å². The van der Waals surface area contributed by atoms with Gasteiger partial charge in [0.15, 0.2) is 34.2 Å². The maximum absolute atomic E-state index is 6.61. The SMILES string of the molecule is C.CC1(C)OB(c2ccc(N(c3ccc(-c4ccc5ccccc5c4)cc3)c3cccc4c3oc3ccccc34)cc2)OC1(C)C.CI.Clc1ccc2c3cccc4c3n(c2c1)-c1ccccc1O4.c1ccc2c(c1)Oc1cccc3c4ccc(-c5ccc(N(c6ccc(-c7ccc8ccccc8c7)cc6)c6cccc7c6oc6ccccc67)cc5)cc4n-2c13. The highest BCUT2D eigenvalue weighted by molar-refractivity contribution is 14.1. The molecule has 125 heavy (non-hydrogen) atoms. The molecule has 3 aliphatic heterocycles. The van der Waals surface area contributed by atoms with Crippen LogP contribution in [0, 0.1) is 0 Å². The van der Waals surface area contributed by atoms with Crippen molar-refractivity contribution in [2.75, 3.05) is 14.7 Å². The van der Waals surface area contributed by atoms with E-state index >= 15 is 0 Å². The van der Waals surface area contributed by atoms with Gasteiger partial charge in [-0.25, -0.2) is 0 Å². The molecule has 1 saturated heterocycles. The molecule has 0 radical (unpaired) electrons. The van der Waals surface area contributed by atoms with Gasteiger partial charge in [-0.3, -0.25) is 0 Å². The molecule has 0 atom stereocenters. The zero-order valence-electron chi connectivity index (χ0n) is 68.5. The Morgan fingerprint density at radius 3 is 1.10 bits per heavy atom. The molecule has 10 nitrogen and oxygen atoms in total. The summed E-state index contributed by atoms with van der Waals surface area (Å²) >= 11 is 8.37. The van der Waals surface area contributed by atoms with Gasteiger partial charge in [-0.2, -0.15) is 0 Å². The summed E-state index contributed by atoms with van der Waals surface area (Å²) in [5.74, 6) is 3.51. The Kier molecular flexibility index (Phi) is 19.8. The van der Waals surface area contributed by atoms with Gasteiger partial charge >= 0.3 is 7.12 Å². The molecule has 0 aliphatic carbocycles. The van der Waals surface area contributed by atoms with Gasteiger partial charge in [-0.1, -0.05) is 290 Å². The summed E-state index contributed by atoms with van der Waals surface area (Å²) in [5.41, 5.74) is 23.4. The molecule has 0 N–H and O–H groups in total. The number of benzene rings is 18. The first-order valence-corrected chi connectivity index (χ1v) is 44.3. The standard InChI is InChI=1S/C52H32N2O2.C40H34BNO3.C18H10ClNO.CH3I.CH4/c1-2-10-36-31-37(20-19-33(36)9-1)34-21-26-39(27-22-34)53(46-15-7-13-44-42-11-3-5-16-48(42)56-52(44)46)40-28-23-35(24-29-40)38-25-30-41-43-12-8-18-50-51(43)54(47(41)32-38)45-14-4-6-17-49(45)55-50;1-39(2)40(3,4)45-41(44-39)31-20-24-33(25-21-31)42(36-14-9-13-35-34-12-7-8-15-37(34)43-38(35)36)32-22-18-28(19-23-32)30-17-16-27-10-5-6-11-29(27)26-30;19-11-8-9-12-13-4-3-7-17-18(13)20(15(12)10-11)14-5-1-2-6-16(14)21-17;1-2;/h1-32H;5-26H,1-4H3;1-10H;1H3;1H4. The first-order chi connectivity index (χ1) is 60.8. The van der Waals surface area contributed by atoms with Crippen molar-refractivity contribution in [2.24, 2.45) is 0 Å². The van der Waals surface area contributed by atoms with E-state index in [0.717, 1.165) is 156 Å². The monoisotopic (exact) mass is 1750 g/mol. The fourth-order valence-corrected chi connectivity index (χ4v) is 18.3. The van der Waals surface area contributed by atoms with E-state index in [9.17, 15) is 0 Å². The summed E-state index contributed by atoms with van der Waals surface area (Å²) in [7, 11) is -0.419. The van der Waals surface area contributed by atoms with E-state index < -0.39 is 18.3 Å². The molecular formula is C112H83BClIN4O6. The Bertz CT molecular complexity index is 7930. The number of hydrogen-bond acceptors (Lipinski definition) is 8. The Morgan fingerprint density at radius 1 is 0.296 bits per heavy atom. The van der Waals surface area contributed by atoms with E-state index in [4.69, 9.17) is 39.2 Å². The number of halogens is 2. The predicted octanol–water partition coefficient (Wildman–Crippen LogP) is 32.2. The molecule has 25 rings (SSSR count). The zero-order chi connectivity index (χ0) is 83.5. The van der Waals surface area contributed by atoms with Crippen molar-refractivity contribution >= 4 is 190 Å². The number of furan rings is 2. The lowest BCUT2D eigenvalue weighted by molar-refractivity contribution is 0.00578. The Labute approximate surface area is 743 Å². The molecule has 18 aromatic carbocycles. The molecular weight excluding hydrogens is 1670 g/mol. The van der Waals surface area contributed by atoms with E-state index in [1.807, 2.05) is 83.8 Å². The largest absolute Gasteiger partial charge is 0.494 e. The fraction of sp³-hybridized carbons (Fsp3) is 0.0714. The number of aromatic nitrogens is 2. The average molecular weight is 1750 g/mol. The van der Waals surface area contributed by atoms with Gasteiger partial charge in [-0.15, -0.1) is 0 Å². The summed E-state index contributed by atoms with van der Waals surface area (Å²) < 4.78 is 42.8. The second-order valence-electron chi connectivity index (χ2n) is 32.6. The molecule has 0 amide bonds. The number of para-hydroxylation sites is 10. The van der Waals surface area contributed by atoms with Gasteiger partial charge < -0.3 is 46.6 Å². The van der Waals surface area contributed by atoms with Crippen molar-refractivity contribution in [1.29, 1.82) is 0 Å². The molecule has 0 unspecified atom stereocenters. The fourth-order valence-electron chi connectivity index (χ4n) is 18.2. The van der Waals surface area contributed by atoms with Crippen LogP contribution >= 0.6 is 34.2 Å². The maximum atomic E-state index is 6.61. The minimum absolute atomic E-state index is 0. The van der Waals surface area contributed by atoms with E-state index in [2.05, 4.69) is 379 Å². The second kappa shape index (κ2) is 31.7. The molecule has 7 heterocycles. The quantitative estimate of drug-likeness (QED) is 0.0761. The molecule has 13 heteroatoms. The lowest BCUT2D eigenvalue weighted by atomic mass is 9.79. The molecule has 0 saturated carbocycles. The van der Waals surface area contributed by atoms with E-state index in [0.29, 0.717) is 0 Å². The number of ether oxygens (including phenoxy) is 2. The molecule has 4 aromatic heterocycles. The number of nitrogens with zero attached hydrogens (tertiary/aromatic N) is 4. The van der Waals surface area contributed by atoms with E-state index in [1.54, 1.807) is 0 Å². The molecule has 1 fully saturated rings. The second-order valence-corrected chi connectivity index (χ2v) is 33.1. The van der Waals surface area contributed by atoms with Crippen LogP contribution in [-0.2, 0) is 9.31 Å². The molecule has 3 aliphatic rings. The van der Waals surface area contributed by atoms with Crippen LogP contribution in [0.1, 0.15) is 35.1 Å². The Hall–Kier alpha value is -14.1. The number of fused-ring (bicyclic) bond motifs is 18. The molecule has 22 aromatic rings. The van der Waals surface area contributed by atoms with Crippen molar-refractivity contribution < 1.29 is 27.6 Å². The molecule has 0 spiro atoms. The third-order valence-corrected chi connectivity index (χ3v) is 25.2. The van der Waals surface area contributed by atoms with Crippen LogP contribution in [0.25, 0.3) is 154 Å². The maximum Gasteiger partial charge on any atom is 0.494 e. The number of rotatable bonds is 10. The van der Waals surface area contributed by atoms with Crippen LogP contribution in [0.3, 0.4) is 0 Å². The molecule has 604 valence electrons. The van der Waals surface area contributed by atoms with E-state index in [-0.39, 0.29) is 7.43 Å². The minimum atomic E-state index is -0.419. The lowest BCUT2D eigenvalue weighted by Crippen LogP contribution is -2.41. The normalized spacial score (nSPS) is 13.2. The van der Waals surface area contributed by atoms with Crippen LogP contribution in [0.4, 0.5) is 34.1 Å². The van der Waals surface area contributed by atoms with Crippen molar-refractivity contribution in [3.8, 4) is 67.8 Å². The van der Waals surface area contributed by atoms with Crippen LogP contribution in [0.2, 0.25) is 5.02 Å². The van der Waals surface area contributed by atoms with Gasteiger partial charge in [0.1, 0.15) is 11.2 Å². The van der Waals surface area contributed by atoms with E-state index in [1.165, 1.54) is 65.3 Å². The predicted molar refractivity (Wildman–Crippen MR) is 531 cm³/mol. The highest BCUT2D eigenvalue weighted by Gasteiger charge is 2.52. The van der Waals surface area contributed by atoms with Crippen LogP contribution in [0.15, 0.2) is 397 Å². The molecule has 0 bridgehead atoms.